The smallest absolute Gasteiger partial charge is 0.387 e. The normalized spacial score (nSPS) is 16.0. The van der Waals surface area contributed by atoms with Crippen molar-refractivity contribution in [3.8, 4) is 11.8 Å². The highest BCUT2D eigenvalue weighted by Crippen LogP contribution is 2.27. The Kier molecular flexibility index (Phi) is 4.79. The number of aryl methyl sites for hydroxylation is 1. The third-order valence-electron chi connectivity index (χ3n) is 3.92. The van der Waals surface area contributed by atoms with Crippen LogP contribution in [0.4, 0.5) is 19.3 Å². The molecule has 2 aromatic rings. The zero-order chi connectivity index (χ0) is 17.8. The van der Waals surface area contributed by atoms with E-state index in [0.29, 0.717) is 6.42 Å². The Hall–Kier alpha value is -3.15. The fraction of sp³-hybridized carbons (Fsp3) is 0.312. The van der Waals surface area contributed by atoms with Gasteiger partial charge < -0.3 is 15.4 Å². The summed E-state index contributed by atoms with van der Waals surface area (Å²) in [6.07, 6.45) is 3.87. The lowest BCUT2D eigenvalue weighted by atomic mass is 9.94. The summed E-state index contributed by atoms with van der Waals surface area (Å²) in [6.45, 7) is -3.03. The van der Waals surface area contributed by atoms with E-state index in [2.05, 4.69) is 25.6 Å². The number of hydrogen-bond donors (Lipinski definition) is 3. The number of alkyl halides is 2. The second-order valence-corrected chi connectivity index (χ2v) is 5.61. The minimum Gasteiger partial charge on any atom is -0.433 e. The lowest BCUT2D eigenvalue weighted by molar-refractivity contribution is -0.0493. The van der Waals surface area contributed by atoms with E-state index in [1.165, 1.54) is 18.2 Å². The number of benzene rings is 1. The van der Waals surface area contributed by atoms with Gasteiger partial charge in [-0.05, 0) is 43.0 Å². The molecule has 0 bridgehead atoms. The van der Waals surface area contributed by atoms with Crippen molar-refractivity contribution in [3.05, 3.63) is 41.2 Å². The molecular weight excluding hydrogens is 332 g/mol. The van der Waals surface area contributed by atoms with Crippen molar-refractivity contribution in [1.29, 1.82) is 5.26 Å². The number of hydrogen-bond acceptors (Lipinski definition) is 4. The summed E-state index contributed by atoms with van der Waals surface area (Å²) in [6, 6.07) is 5.08. The van der Waals surface area contributed by atoms with Crippen LogP contribution in [0.25, 0.3) is 0 Å². The number of halogens is 2. The van der Waals surface area contributed by atoms with Gasteiger partial charge in [-0.15, -0.1) is 0 Å². The number of ether oxygens (including phenoxy) is 1. The van der Waals surface area contributed by atoms with Gasteiger partial charge in [0.1, 0.15) is 5.75 Å². The minimum atomic E-state index is -3.03. The van der Waals surface area contributed by atoms with E-state index in [0.717, 1.165) is 24.1 Å². The van der Waals surface area contributed by atoms with E-state index in [9.17, 15) is 13.6 Å². The third kappa shape index (κ3) is 4.03. The van der Waals surface area contributed by atoms with Crippen LogP contribution in [-0.2, 0) is 12.8 Å². The van der Waals surface area contributed by atoms with Crippen LogP contribution in [0.3, 0.4) is 0 Å². The highest BCUT2D eigenvalue weighted by atomic mass is 19.3. The molecule has 130 valence electrons. The number of anilines is 1. The van der Waals surface area contributed by atoms with Gasteiger partial charge in [0.15, 0.2) is 0 Å². The summed E-state index contributed by atoms with van der Waals surface area (Å²) >= 11 is 0. The summed E-state index contributed by atoms with van der Waals surface area (Å²) in [7, 11) is 0. The summed E-state index contributed by atoms with van der Waals surface area (Å²) in [4.78, 5) is 12.2. The van der Waals surface area contributed by atoms with Crippen molar-refractivity contribution in [2.75, 3.05) is 5.32 Å². The molecule has 1 aromatic carbocycles. The van der Waals surface area contributed by atoms with E-state index in [1.54, 1.807) is 6.20 Å². The molecule has 3 rings (SSSR count). The van der Waals surface area contributed by atoms with Gasteiger partial charge in [-0.1, -0.05) is 0 Å². The largest absolute Gasteiger partial charge is 0.433 e. The summed E-state index contributed by atoms with van der Waals surface area (Å²) < 4.78 is 29.3. The number of fused-ring (bicyclic) bond motifs is 1. The van der Waals surface area contributed by atoms with Crippen molar-refractivity contribution in [1.82, 2.24) is 15.5 Å². The molecule has 0 unspecified atom stereocenters. The zero-order valence-corrected chi connectivity index (χ0v) is 13.1. The first-order chi connectivity index (χ1) is 12.0. The Labute approximate surface area is 142 Å². The molecule has 2 amide bonds. The molecule has 0 saturated carbocycles. The molecule has 1 aromatic heterocycles. The van der Waals surface area contributed by atoms with Gasteiger partial charge >= 0.3 is 12.6 Å². The highest BCUT2D eigenvalue weighted by molar-refractivity contribution is 5.91. The van der Waals surface area contributed by atoms with Gasteiger partial charge in [-0.2, -0.15) is 19.1 Å². The Bertz CT molecular complexity index is 815. The molecule has 0 spiro atoms. The Morgan fingerprint density at radius 3 is 3.08 bits per heavy atom. The lowest BCUT2D eigenvalue weighted by Crippen LogP contribution is -2.41. The number of carbonyl (C=O) groups is 1. The first-order valence-electron chi connectivity index (χ1n) is 7.62. The predicted octanol–water partition coefficient (Wildman–Crippen LogP) is 2.56. The van der Waals surface area contributed by atoms with E-state index in [-0.39, 0.29) is 23.0 Å². The van der Waals surface area contributed by atoms with Crippen LogP contribution in [0.2, 0.25) is 0 Å². The topological polar surface area (TPSA) is 103 Å². The van der Waals surface area contributed by atoms with Crippen LogP contribution in [0.5, 0.6) is 5.75 Å². The van der Waals surface area contributed by atoms with Crippen molar-refractivity contribution in [3.63, 3.8) is 0 Å². The standard InChI is InChI=1S/C16H15F2N5O2/c17-15(18)25-14-4-1-9(7-19)5-13(14)22-16(24)21-11-2-3-12-10(6-11)8-20-23-12/h1,4-5,8,11,15H,2-3,6H2,(H,20,23)(H2,21,22,24)/t11-/m0/s1. The lowest BCUT2D eigenvalue weighted by Gasteiger charge is -2.23. The number of urea groups is 1. The SMILES string of the molecule is N#Cc1ccc(OC(F)F)c(NC(=O)N[C@H]2CCc3[nH]ncc3C2)c1. The minimum absolute atomic E-state index is 0.0108. The fourth-order valence-corrected chi connectivity index (χ4v) is 2.78. The van der Waals surface area contributed by atoms with Crippen LogP contribution in [0.1, 0.15) is 23.2 Å². The molecule has 1 atom stereocenters. The van der Waals surface area contributed by atoms with Crippen molar-refractivity contribution in [2.45, 2.75) is 31.9 Å². The van der Waals surface area contributed by atoms with Crippen LogP contribution >= 0.6 is 0 Å². The number of H-pyrrole nitrogens is 1. The molecule has 7 nitrogen and oxygen atoms in total. The van der Waals surface area contributed by atoms with Crippen molar-refractivity contribution >= 4 is 11.7 Å². The molecule has 9 heteroatoms. The molecule has 25 heavy (non-hydrogen) atoms. The first-order valence-corrected chi connectivity index (χ1v) is 7.62. The van der Waals surface area contributed by atoms with Gasteiger partial charge in [0, 0.05) is 11.7 Å². The Balaban J connectivity index is 1.67. The van der Waals surface area contributed by atoms with E-state index in [4.69, 9.17) is 5.26 Å². The van der Waals surface area contributed by atoms with Crippen LogP contribution in [0, 0.1) is 11.3 Å². The molecule has 0 fully saturated rings. The second kappa shape index (κ2) is 7.17. The predicted molar refractivity (Wildman–Crippen MR) is 84.3 cm³/mol. The number of rotatable bonds is 4. The van der Waals surface area contributed by atoms with Crippen LogP contribution in [-0.4, -0.2) is 28.9 Å². The maximum Gasteiger partial charge on any atom is 0.387 e. The number of nitrogens with zero attached hydrogens (tertiary/aromatic N) is 2. The van der Waals surface area contributed by atoms with Gasteiger partial charge in [-0.25, -0.2) is 4.79 Å². The zero-order valence-electron chi connectivity index (χ0n) is 13.1. The Morgan fingerprint density at radius 1 is 1.48 bits per heavy atom. The molecule has 1 heterocycles. The van der Waals surface area contributed by atoms with Crippen LogP contribution in [0.15, 0.2) is 24.4 Å². The molecule has 0 radical (unpaired) electrons. The number of nitriles is 1. The quantitative estimate of drug-likeness (QED) is 0.791. The van der Waals surface area contributed by atoms with Crippen LogP contribution < -0.4 is 15.4 Å². The fourth-order valence-electron chi connectivity index (χ4n) is 2.78. The molecule has 1 aliphatic carbocycles. The number of aromatic nitrogens is 2. The maximum atomic E-state index is 12.5. The molecule has 0 saturated heterocycles. The summed E-state index contributed by atoms with van der Waals surface area (Å²) in [5.41, 5.74) is 2.34. The van der Waals surface area contributed by atoms with Gasteiger partial charge in [0.25, 0.3) is 0 Å². The summed E-state index contributed by atoms with van der Waals surface area (Å²) in [5.74, 6) is -0.204. The van der Waals surface area contributed by atoms with Crippen molar-refractivity contribution in [2.24, 2.45) is 0 Å². The monoisotopic (exact) mass is 347 g/mol. The molecule has 0 aliphatic heterocycles. The number of carbonyl (C=O) groups excluding carboxylic acids is 1. The summed E-state index contributed by atoms with van der Waals surface area (Å²) in [5, 5.41) is 21.1. The first kappa shape index (κ1) is 16.7. The van der Waals surface area contributed by atoms with Gasteiger partial charge in [-0.3, -0.25) is 5.10 Å². The molecule has 1 aliphatic rings. The van der Waals surface area contributed by atoms with E-state index >= 15 is 0 Å². The molecular formula is C16H15F2N5O2. The number of aromatic amines is 1. The average Bonchev–Trinajstić information content (AvgIpc) is 3.03. The Morgan fingerprint density at radius 2 is 2.32 bits per heavy atom. The average molecular weight is 347 g/mol. The van der Waals surface area contributed by atoms with Crippen molar-refractivity contribution < 1.29 is 18.3 Å². The molecule has 3 N–H and O–H groups in total. The second-order valence-electron chi connectivity index (χ2n) is 5.61. The number of nitrogens with one attached hydrogen (secondary N) is 3. The highest BCUT2D eigenvalue weighted by Gasteiger charge is 2.22. The maximum absolute atomic E-state index is 12.5. The number of amides is 2. The van der Waals surface area contributed by atoms with Gasteiger partial charge in [0.2, 0.25) is 0 Å². The third-order valence-corrected chi connectivity index (χ3v) is 3.92. The van der Waals surface area contributed by atoms with Gasteiger partial charge in [0.05, 0.1) is 23.5 Å². The van der Waals surface area contributed by atoms with E-state index in [1.807, 2.05) is 6.07 Å². The van der Waals surface area contributed by atoms with E-state index < -0.39 is 12.6 Å².